The van der Waals surface area contributed by atoms with E-state index in [4.69, 9.17) is 15.0 Å². The molecule has 8 nitrogen and oxygen atoms in total. The summed E-state index contributed by atoms with van der Waals surface area (Å²) in [4.78, 5) is 17.5. The molecule has 67 heavy (non-hydrogen) atoms. The number of nitrogens with zero attached hydrogens (tertiary/aromatic N) is 6. The second-order valence-corrected chi connectivity index (χ2v) is 16.8. The minimum Gasteiger partial charge on any atom is -0.469 e. The Bertz CT molecular complexity index is 2880. The zero-order valence-electron chi connectivity index (χ0n) is 37.3. The van der Waals surface area contributed by atoms with E-state index in [1.807, 2.05) is 28.9 Å². The first-order chi connectivity index (χ1) is 33.1. The molecule has 1 aliphatic rings. The number of carbonyl (C=O) groups excluding carboxylic acids is 1. The molecule has 2 heterocycles. The molecule has 0 N–H and O–H groups in total. The monoisotopic (exact) mass is 874 g/mol. The van der Waals surface area contributed by atoms with Crippen LogP contribution in [0.2, 0.25) is 0 Å². The molecule has 0 saturated heterocycles. The molecule has 9 aromatic rings. The van der Waals surface area contributed by atoms with Crippen molar-refractivity contribution in [1.82, 2.24) is 30.0 Å². The van der Waals surface area contributed by atoms with Gasteiger partial charge in [-0.1, -0.05) is 231 Å². The molecule has 0 unspecified atom stereocenters. The van der Waals surface area contributed by atoms with Crippen molar-refractivity contribution in [2.24, 2.45) is 0 Å². The lowest BCUT2D eigenvalue weighted by Gasteiger charge is -2.44. The van der Waals surface area contributed by atoms with Gasteiger partial charge in [0.2, 0.25) is 0 Å². The first kappa shape index (κ1) is 42.6. The number of rotatable bonds is 15. The minimum atomic E-state index is -0.887. The molecule has 0 amide bonds. The summed E-state index contributed by atoms with van der Waals surface area (Å²) in [5, 5.41) is 14.0. The quantitative estimate of drug-likeness (QED) is 0.0750. The van der Waals surface area contributed by atoms with Gasteiger partial charge < -0.3 is 14.5 Å². The summed E-state index contributed by atoms with van der Waals surface area (Å²) in [6.07, 6.45) is 3.07. The van der Waals surface area contributed by atoms with Gasteiger partial charge in [0.1, 0.15) is 11.1 Å². The predicted octanol–water partition coefficient (Wildman–Crippen LogP) is 11.7. The lowest BCUT2D eigenvalue weighted by Crippen LogP contribution is -2.46. The number of benzene rings is 8. The van der Waals surface area contributed by atoms with Crippen molar-refractivity contribution in [3.8, 4) is 22.5 Å². The van der Waals surface area contributed by atoms with Crippen LogP contribution in [0.4, 0.5) is 0 Å². The largest absolute Gasteiger partial charge is 0.469 e. The maximum atomic E-state index is 12.7. The number of aromatic nitrogens is 4. The highest BCUT2D eigenvalue weighted by Gasteiger charge is 2.45. The molecule has 1 aliphatic heterocycles. The van der Waals surface area contributed by atoms with Crippen LogP contribution in [0.5, 0.6) is 0 Å². The van der Waals surface area contributed by atoms with Gasteiger partial charge in [-0.15, -0.1) is 5.10 Å². The fourth-order valence-corrected chi connectivity index (χ4v) is 9.95. The van der Waals surface area contributed by atoms with Crippen LogP contribution in [0.15, 0.2) is 242 Å². The van der Waals surface area contributed by atoms with E-state index in [2.05, 4.69) is 227 Å². The van der Waals surface area contributed by atoms with Crippen LogP contribution in [-0.4, -0.2) is 49.8 Å². The first-order valence-corrected chi connectivity index (χ1v) is 22.7. The standard InChI is InChI=1S/C59H50N6O2/c1-67-56(66)41-40-53-43-64(58(47-22-8-2-9-23-47,48-24-10-3-11-25-48)49-26-12-4-13-27-49)44-63(53)42-45-36-38-46(39-37-45)54-34-20-21-35-55(54)57-60-61-62-65(57)59(50-28-14-5-15-29-50,51-30-16-6-17-31-51)52-32-18-7-19-33-52/h2-39,43H,40-42,44H2,1H3. The summed E-state index contributed by atoms with van der Waals surface area (Å²) in [5.74, 6) is 0.412. The van der Waals surface area contributed by atoms with Crippen LogP contribution in [0.25, 0.3) is 22.5 Å². The highest BCUT2D eigenvalue weighted by atomic mass is 16.5. The lowest BCUT2D eigenvalue weighted by atomic mass is 9.76. The molecule has 0 radical (unpaired) electrons. The van der Waals surface area contributed by atoms with Crippen molar-refractivity contribution >= 4 is 5.97 Å². The van der Waals surface area contributed by atoms with Crippen molar-refractivity contribution in [3.63, 3.8) is 0 Å². The van der Waals surface area contributed by atoms with Crippen LogP contribution in [0, 0.1) is 0 Å². The number of esters is 1. The zero-order valence-corrected chi connectivity index (χ0v) is 37.3. The topological polar surface area (TPSA) is 76.4 Å². The van der Waals surface area contributed by atoms with Gasteiger partial charge in [-0.05, 0) is 66.9 Å². The minimum absolute atomic E-state index is 0.234. The Morgan fingerprint density at radius 1 is 0.522 bits per heavy atom. The van der Waals surface area contributed by atoms with Crippen molar-refractivity contribution in [2.45, 2.75) is 30.5 Å². The van der Waals surface area contributed by atoms with E-state index in [0.717, 1.165) is 61.3 Å². The van der Waals surface area contributed by atoms with Gasteiger partial charge in [0.25, 0.3) is 0 Å². The molecule has 0 fully saturated rings. The summed E-state index contributed by atoms with van der Waals surface area (Å²) in [7, 11) is 1.45. The Morgan fingerprint density at radius 3 is 1.39 bits per heavy atom. The third-order valence-electron chi connectivity index (χ3n) is 13.0. The van der Waals surface area contributed by atoms with Crippen molar-refractivity contribution in [2.75, 3.05) is 13.8 Å². The molecular weight excluding hydrogens is 825 g/mol. The van der Waals surface area contributed by atoms with Crippen LogP contribution < -0.4 is 0 Å². The number of hydrogen-bond donors (Lipinski definition) is 0. The second kappa shape index (κ2) is 19.0. The Balaban J connectivity index is 1.02. The van der Waals surface area contributed by atoms with Gasteiger partial charge in [0.05, 0.1) is 20.2 Å². The summed E-state index contributed by atoms with van der Waals surface area (Å²) < 4.78 is 7.13. The van der Waals surface area contributed by atoms with E-state index >= 15 is 0 Å². The van der Waals surface area contributed by atoms with Crippen LogP contribution in [0.1, 0.15) is 51.8 Å². The number of allylic oxidation sites excluding steroid dienone is 1. The summed E-state index contributed by atoms with van der Waals surface area (Å²) in [5.41, 5.74) is 10.2. The Hall–Kier alpha value is -8.36. The van der Waals surface area contributed by atoms with Crippen LogP contribution in [0.3, 0.4) is 0 Å². The van der Waals surface area contributed by atoms with Gasteiger partial charge in [0.15, 0.2) is 5.82 Å². The highest BCUT2D eigenvalue weighted by molar-refractivity contribution is 5.81. The number of hydrogen-bond acceptors (Lipinski definition) is 7. The summed E-state index contributed by atoms with van der Waals surface area (Å²) in [6, 6.07) is 80.7. The Labute approximate surface area is 392 Å². The predicted molar refractivity (Wildman–Crippen MR) is 264 cm³/mol. The molecule has 10 rings (SSSR count). The SMILES string of the molecule is COC(=O)CCC1=CN(C(c2ccccc2)(c2ccccc2)c2ccccc2)CN1Cc1ccc(-c2ccccc2-c2nnnn2C(c2ccccc2)(c2ccccc2)c2ccccc2)cc1. The molecule has 0 saturated carbocycles. The second-order valence-electron chi connectivity index (χ2n) is 16.8. The van der Waals surface area contributed by atoms with E-state index in [9.17, 15) is 4.79 Å². The van der Waals surface area contributed by atoms with Crippen LogP contribution in [-0.2, 0) is 27.2 Å². The van der Waals surface area contributed by atoms with Crippen molar-refractivity contribution in [1.29, 1.82) is 0 Å². The van der Waals surface area contributed by atoms with Gasteiger partial charge in [-0.2, -0.15) is 0 Å². The number of ether oxygens (including phenoxy) is 1. The fraction of sp³-hybridized carbons (Fsp3) is 0.119. The van der Waals surface area contributed by atoms with E-state index in [-0.39, 0.29) is 12.4 Å². The molecule has 0 aliphatic carbocycles. The molecule has 8 heteroatoms. The smallest absolute Gasteiger partial charge is 0.305 e. The highest BCUT2D eigenvalue weighted by Crippen LogP contribution is 2.46. The molecule has 0 spiro atoms. The van der Waals surface area contributed by atoms with Crippen molar-refractivity contribution in [3.05, 3.63) is 281 Å². The van der Waals surface area contributed by atoms with Gasteiger partial charge in [-0.25, -0.2) is 4.68 Å². The molecule has 1 aromatic heterocycles. The Morgan fingerprint density at radius 2 is 0.940 bits per heavy atom. The number of methoxy groups -OCH3 is 1. The molecule has 328 valence electrons. The van der Waals surface area contributed by atoms with E-state index in [0.29, 0.717) is 25.5 Å². The molecule has 8 aromatic carbocycles. The average molecular weight is 875 g/mol. The molecular formula is C59H50N6O2. The Kier molecular flexibility index (Phi) is 12.1. The number of tetrazole rings is 1. The van der Waals surface area contributed by atoms with Crippen LogP contribution >= 0.6 is 0 Å². The third-order valence-corrected chi connectivity index (χ3v) is 13.0. The summed E-state index contributed by atoms with van der Waals surface area (Å²) >= 11 is 0. The maximum Gasteiger partial charge on any atom is 0.305 e. The summed E-state index contributed by atoms with van der Waals surface area (Å²) in [6.45, 7) is 1.22. The normalized spacial score (nSPS) is 12.8. The van der Waals surface area contributed by atoms with E-state index in [1.54, 1.807) is 0 Å². The van der Waals surface area contributed by atoms with Gasteiger partial charge >= 0.3 is 5.97 Å². The fourth-order valence-electron chi connectivity index (χ4n) is 9.95. The first-order valence-electron chi connectivity index (χ1n) is 22.7. The van der Waals surface area contributed by atoms with Crippen molar-refractivity contribution < 1.29 is 9.53 Å². The molecule has 0 bridgehead atoms. The average Bonchev–Trinajstić information content (AvgIpc) is 4.06. The molecule has 0 atom stereocenters. The van der Waals surface area contributed by atoms with E-state index in [1.165, 1.54) is 7.11 Å². The number of carbonyl (C=O) groups is 1. The third kappa shape index (κ3) is 7.97. The van der Waals surface area contributed by atoms with E-state index < -0.39 is 11.1 Å². The maximum absolute atomic E-state index is 12.7. The van der Waals surface area contributed by atoms with Gasteiger partial charge in [0, 0.05) is 24.0 Å². The zero-order chi connectivity index (χ0) is 45.5. The lowest BCUT2D eigenvalue weighted by molar-refractivity contribution is -0.140. The van der Waals surface area contributed by atoms with Gasteiger partial charge in [-0.3, -0.25) is 4.79 Å².